The molecule has 0 aromatic carbocycles. The fourth-order valence-electron chi connectivity index (χ4n) is 3.39. The Kier molecular flexibility index (Phi) is 1.40. The van der Waals surface area contributed by atoms with E-state index in [-0.39, 0.29) is 10.8 Å². The molecule has 2 aliphatic rings. The lowest BCUT2D eigenvalue weighted by molar-refractivity contribution is 0.226. The molecule has 2 unspecified atom stereocenters. The van der Waals surface area contributed by atoms with Gasteiger partial charge >= 0.3 is 0 Å². The SMILES string of the molecule is CC12CCC(c3nc(N)nnc31)C2(C)C. The molecule has 80 valence electrons. The molecule has 2 atom stereocenters. The monoisotopic (exact) mass is 204 g/mol. The van der Waals surface area contributed by atoms with Gasteiger partial charge in [-0.25, -0.2) is 4.98 Å². The van der Waals surface area contributed by atoms with E-state index in [1.807, 2.05) is 0 Å². The van der Waals surface area contributed by atoms with E-state index < -0.39 is 0 Å². The van der Waals surface area contributed by atoms with Crippen molar-refractivity contribution in [2.45, 2.75) is 44.9 Å². The molecule has 0 saturated heterocycles. The van der Waals surface area contributed by atoms with Crippen molar-refractivity contribution in [3.63, 3.8) is 0 Å². The van der Waals surface area contributed by atoms with Gasteiger partial charge in [0, 0.05) is 11.3 Å². The van der Waals surface area contributed by atoms with Crippen molar-refractivity contribution in [3.05, 3.63) is 11.4 Å². The average molecular weight is 204 g/mol. The summed E-state index contributed by atoms with van der Waals surface area (Å²) in [6, 6.07) is 0. The molecule has 4 nitrogen and oxygen atoms in total. The minimum atomic E-state index is 0.140. The predicted molar refractivity (Wildman–Crippen MR) is 57.3 cm³/mol. The highest BCUT2D eigenvalue weighted by molar-refractivity contribution is 5.42. The first kappa shape index (κ1) is 9.07. The standard InChI is InChI=1S/C11H16N4/c1-10(2)6-4-5-11(10,3)8-7(6)13-9(12)15-14-8/h6H,4-5H2,1-3H3,(H2,12,13,15). The largest absolute Gasteiger partial charge is 0.366 e. The molecule has 2 aliphatic carbocycles. The van der Waals surface area contributed by atoms with Crippen LogP contribution in [0.25, 0.3) is 0 Å². The number of fused-ring (bicyclic) bond motifs is 5. The molecule has 1 heterocycles. The fourth-order valence-corrected chi connectivity index (χ4v) is 3.39. The molecular formula is C11H16N4. The summed E-state index contributed by atoms with van der Waals surface area (Å²) in [5.74, 6) is 0.816. The summed E-state index contributed by atoms with van der Waals surface area (Å²) in [7, 11) is 0. The summed E-state index contributed by atoms with van der Waals surface area (Å²) >= 11 is 0. The van der Waals surface area contributed by atoms with Gasteiger partial charge in [0.05, 0.1) is 11.4 Å². The van der Waals surface area contributed by atoms with Crippen LogP contribution in [0.2, 0.25) is 0 Å². The van der Waals surface area contributed by atoms with Gasteiger partial charge in [0.15, 0.2) is 0 Å². The summed E-state index contributed by atoms with van der Waals surface area (Å²) in [5, 5.41) is 8.17. The van der Waals surface area contributed by atoms with Crippen molar-refractivity contribution in [2.24, 2.45) is 5.41 Å². The smallest absolute Gasteiger partial charge is 0.240 e. The second-order valence-electron chi connectivity index (χ2n) is 5.55. The lowest BCUT2D eigenvalue weighted by atomic mass is 9.70. The molecule has 1 fully saturated rings. The van der Waals surface area contributed by atoms with E-state index in [1.54, 1.807) is 0 Å². The van der Waals surface area contributed by atoms with E-state index in [9.17, 15) is 0 Å². The Balaban J connectivity index is 2.29. The number of hydrogen-bond donors (Lipinski definition) is 1. The van der Waals surface area contributed by atoms with Crippen LogP contribution in [0.1, 0.15) is 50.9 Å². The molecule has 15 heavy (non-hydrogen) atoms. The molecule has 0 spiro atoms. The average Bonchev–Trinajstić information content (AvgIpc) is 2.47. The van der Waals surface area contributed by atoms with Gasteiger partial charge in [-0.15, -0.1) is 10.2 Å². The van der Waals surface area contributed by atoms with Gasteiger partial charge in [-0.3, -0.25) is 0 Å². The highest BCUT2D eigenvalue weighted by Gasteiger charge is 2.61. The maximum Gasteiger partial charge on any atom is 0.240 e. The molecule has 0 amide bonds. The molecule has 2 N–H and O–H groups in total. The fraction of sp³-hybridized carbons (Fsp3) is 0.727. The lowest BCUT2D eigenvalue weighted by Crippen LogP contribution is -2.32. The normalized spacial score (nSPS) is 35.5. The van der Waals surface area contributed by atoms with E-state index in [4.69, 9.17) is 5.73 Å². The number of aromatic nitrogens is 3. The van der Waals surface area contributed by atoms with Crippen molar-refractivity contribution < 1.29 is 0 Å². The summed E-state index contributed by atoms with van der Waals surface area (Å²) in [6.07, 6.45) is 2.40. The maximum atomic E-state index is 5.61. The number of nitrogens with zero attached hydrogens (tertiary/aromatic N) is 3. The molecule has 1 aromatic heterocycles. The van der Waals surface area contributed by atoms with Crippen LogP contribution < -0.4 is 5.73 Å². The predicted octanol–water partition coefficient (Wildman–Crippen LogP) is 1.63. The van der Waals surface area contributed by atoms with E-state index in [0.717, 1.165) is 11.4 Å². The minimum Gasteiger partial charge on any atom is -0.366 e. The van der Waals surface area contributed by atoms with Crippen LogP contribution in [0.3, 0.4) is 0 Å². The van der Waals surface area contributed by atoms with Gasteiger partial charge in [-0.1, -0.05) is 20.8 Å². The molecule has 0 aliphatic heterocycles. The third-order valence-corrected chi connectivity index (χ3v) is 4.81. The van der Waals surface area contributed by atoms with Crippen molar-refractivity contribution >= 4 is 5.95 Å². The second-order valence-corrected chi connectivity index (χ2v) is 5.55. The molecule has 0 radical (unpaired) electrons. The Morgan fingerprint density at radius 2 is 2.00 bits per heavy atom. The first-order valence-electron chi connectivity index (χ1n) is 5.47. The number of rotatable bonds is 0. The Morgan fingerprint density at radius 3 is 2.73 bits per heavy atom. The molecule has 1 saturated carbocycles. The summed E-state index contributed by atoms with van der Waals surface area (Å²) in [4.78, 5) is 4.38. The quantitative estimate of drug-likeness (QED) is 0.697. The summed E-state index contributed by atoms with van der Waals surface area (Å²) in [5.41, 5.74) is 8.17. The van der Waals surface area contributed by atoms with Crippen molar-refractivity contribution in [1.82, 2.24) is 15.2 Å². The molecule has 3 rings (SSSR count). The van der Waals surface area contributed by atoms with Crippen LogP contribution in [-0.2, 0) is 5.41 Å². The molecule has 2 bridgehead atoms. The van der Waals surface area contributed by atoms with Gasteiger partial charge in [0.2, 0.25) is 5.95 Å². The van der Waals surface area contributed by atoms with Gasteiger partial charge in [0.1, 0.15) is 0 Å². The van der Waals surface area contributed by atoms with Crippen LogP contribution in [0.15, 0.2) is 0 Å². The van der Waals surface area contributed by atoms with Crippen LogP contribution in [0.4, 0.5) is 5.95 Å². The number of nitrogen functional groups attached to an aromatic ring is 1. The van der Waals surface area contributed by atoms with E-state index >= 15 is 0 Å². The zero-order valence-electron chi connectivity index (χ0n) is 9.41. The lowest BCUT2D eigenvalue weighted by Gasteiger charge is -2.33. The first-order chi connectivity index (χ1) is 6.97. The van der Waals surface area contributed by atoms with Gasteiger partial charge in [-0.05, 0) is 18.3 Å². The minimum absolute atomic E-state index is 0.140. The number of nitrogens with two attached hydrogens (primary N) is 1. The Hall–Kier alpha value is -1.19. The zero-order chi connectivity index (χ0) is 10.8. The summed E-state index contributed by atoms with van der Waals surface area (Å²) < 4.78 is 0. The molecular weight excluding hydrogens is 188 g/mol. The molecule has 4 heteroatoms. The van der Waals surface area contributed by atoms with Crippen LogP contribution in [0.5, 0.6) is 0 Å². The van der Waals surface area contributed by atoms with Gasteiger partial charge in [-0.2, -0.15) is 0 Å². The van der Waals surface area contributed by atoms with E-state index in [1.165, 1.54) is 12.8 Å². The van der Waals surface area contributed by atoms with E-state index in [0.29, 0.717) is 11.9 Å². The summed E-state index contributed by atoms with van der Waals surface area (Å²) in [6.45, 7) is 6.90. The maximum absolute atomic E-state index is 5.61. The Bertz CT molecular complexity index is 440. The Labute approximate surface area is 89.3 Å². The van der Waals surface area contributed by atoms with Crippen LogP contribution >= 0.6 is 0 Å². The highest BCUT2D eigenvalue weighted by Crippen LogP contribution is 2.66. The van der Waals surface area contributed by atoms with Crippen LogP contribution in [-0.4, -0.2) is 15.2 Å². The van der Waals surface area contributed by atoms with Crippen molar-refractivity contribution in [1.29, 1.82) is 0 Å². The molecule has 1 aromatic rings. The third kappa shape index (κ3) is 0.817. The van der Waals surface area contributed by atoms with Crippen molar-refractivity contribution in [3.8, 4) is 0 Å². The first-order valence-corrected chi connectivity index (χ1v) is 5.47. The second kappa shape index (κ2) is 2.31. The highest BCUT2D eigenvalue weighted by atomic mass is 15.2. The van der Waals surface area contributed by atoms with Gasteiger partial charge in [0.25, 0.3) is 0 Å². The van der Waals surface area contributed by atoms with Crippen LogP contribution in [0, 0.1) is 5.41 Å². The zero-order valence-corrected chi connectivity index (χ0v) is 9.41. The van der Waals surface area contributed by atoms with E-state index in [2.05, 4.69) is 36.0 Å². The third-order valence-electron chi connectivity index (χ3n) is 4.81. The topological polar surface area (TPSA) is 64.7 Å². The Morgan fingerprint density at radius 1 is 1.27 bits per heavy atom. The number of hydrogen-bond acceptors (Lipinski definition) is 4. The van der Waals surface area contributed by atoms with Crippen molar-refractivity contribution in [2.75, 3.05) is 5.73 Å². The number of anilines is 1. The van der Waals surface area contributed by atoms with Gasteiger partial charge < -0.3 is 5.73 Å².